The summed E-state index contributed by atoms with van der Waals surface area (Å²) >= 11 is 0. The van der Waals surface area contributed by atoms with Gasteiger partial charge in [0.15, 0.2) is 0 Å². The van der Waals surface area contributed by atoms with E-state index in [1.807, 2.05) is 0 Å². The van der Waals surface area contributed by atoms with Crippen LogP contribution >= 0.6 is 0 Å². The van der Waals surface area contributed by atoms with Gasteiger partial charge in [-0.1, -0.05) is 25.7 Å². The average molecular weight is 193 g/mol. The molecule has 0 saturated heterocycles. The molecule has 0 unspecified atom stereocenters. The summed E-state index contributed by atoms with van der Waals surface area (Å²) in [5, 5.41) is 7.17. The number of rotatable bonds is 1. The zero-order valence-electron chi connectivity index (χ0n) is 8.84. The molecule has 0 aromatic carbocycles. The number of aromatic amines is 1. The molecule has 1 heterocycles. The third-order valence-corrected chi connectivity index (χ3v) is 3.35. The van der Waals surface area contributed by atoms with Crippen LogP contribution in [0.4, 0.5) is 5.82 Å². The maximum atomic E-state index is 5.74. The number of hydrogen-bond acceptors (Lipinski definition) is 2. The lowest BCUT2D eigenvalue weighted by molar-refractivity contribution is 0.573. The summed E-state index contributed by atoms with van der Waals surface area (Å²) < 4.78 is 0. The summed E-state index contributed by atoms with van der Waals surface area (Å²) in [7, 11) is 0. The topological polar surface area (TPSA) is 54.7 Å². The van der Waals surface area contributed by atoms with Gasteiger partial charge in [0.1, 0.15) is 5.82 Å². The number of H-pyrrole nitrogens is 1. The summed E-state index contributed by atoms with van der Waals surface area (Å²) in [4.78, 5) is 0. The minimum atomic E-state index is 0.669. The first-order valence-corrected chi connectivity index (χ1v) is 5.59. The molecule has 3 N–H and O–H groups in total. The number of nitrogens with one attached hydrogen (secondary N) is 1. The first-order chi connectivity index (χ1) is 6.79. The van der Waals surface area contributed by atoms with Gasteiger partial charge in [-0.3, -0.25) is 5.10 Å². The van der Waals surface area contributed by atoms with E-state index in [1.165, 1.54) is 44.2 Å². The molecule has 78 valence electrons. The zero-order chi connectivity index (χ0) is 9.97. The lowest BCUT2D eigenvalue weighted by Crippen LogP contribution is -2.00. The molecule has 0 atom stereocenters. The average Bonchev–Trinajstić information content (AvgIpc) is 2.47. The van der Waals surface area contributed by atoms with E-state index in [9.17, 15) is 0 Å². The predicted molar refractivity (Wildman–Crippen MR) is 58.2 cm³/mol. The van der Waals surface area contributed by atoms with E-state index in [2.05, 4.69) is 17.1 Å². The van der Waals surface area contributed by atoms with Crippen molar-refractivity contribution < 1.29 is 0 Å². The number of anilines is 1. The summed E-state index contributed by atoms with van der Waals surface area (Å²) in [5.74, 6) is 1.34. The molecule has 1 saturated carbocycles. The number of aromatic nitrogens is 2. The van der Waals surface area contributed by atoms with E-state index in [0.717, 1.165) is 5.56 Å². The van der Waals surface area contributed by atoms with Gasteiger partial charge in [-0.25, -0.2) is 0 Å². The quantitative estimate of drug-likeness (QED) is 0.674. The molecular formula is C11H19N3. The SMILES string of the molecule is Cc1c(N)n[nH]c1C1CCCCCC1. The summed E-state index contributed by atoms with van der Waals surface area (Å²) in [6, 6.07) is 0. The van der Waals surface area contributed by atoms with Crippen LogP contribution in [0.25, 0.3) is 0 Å². The lowest BCUT2D eigenvalue weighted by Gasteiger charge is -2.12. The Balaban J connectivity index is 2.16. The molecule has 1 aromatic heterocycles. The molecule has 14 heavy (non-hydrogen) atoms. The Bertz CT molecular complexity index is 295. The monoisotopic (exact) mass is 193 g/mol. The van der Waals surface area contributed by atoms with Gasteiger partial charge in [0.05, 0.1) is 0 Å². The molecule has 1 aliphatic carbocycles. The smallest absolute Gasteiger partial charge is 0.148 e. The molecule has 3 heteroatoms. The van der Waals surface area contributed by atoms with Gasteiger partial charge in [0, 0.05) is 17.2 Å². The lowest BCUT2D eigenvalue weighted by atomic mass is 9.94. The van der Waals surface area contributed by atoms with Crippen LogP contribution < -0.4 is 5.73 Å². The Morgan fingerprint density at radius 3 is 2.36 bits per heavy atom. The van der Waals surface area contributed by atoms with Gasteiger partial charge >= 0.3 is 0 Å². The molecule has 0 spiro atoms. The fourth-order valence-corrected chi connectivity index (χ4v) is 2.39. The Morgan fingerprint density at radius 1 is 1.21 bits per heavy atom. The van der Waals surface area contributed by atoms with Crippen LogP contribution in [-0.4, -0.2) is 10.2 Å². The molecule has 0 amide bonds. The fraction of sp³-hybridized carbons (Fsp3) is 0.727. The Hall–Kier alpha value is -0.990. The van der Waals surface area contributed by atoms with E-state index in [4.69, 9.17) is 5.73 Å². The number of hydrogen-bond donors (Lipinski definition) is 2. The highest BCUT2D eigenvalue weighted by atomic mass is 15.2. The molecule has 1 aromatic rings. The van der Waals surface area contributed by atoms with Crippen molar-refractivity contribution in [3.63, 3.8) is 0 Å². The number of nitrogens with zero attached hydrogens (tertiary/aromatic N) is 1. The van der Waals surface area contributed by atoms with Crippen LogP contribution in [-0.2, 0) is 0 Å². The summed E-state index contributed by atoms with van der Waals surface area (Å²) in [5.41, 5.74) is 8.19. The second-order valence-corrected chi connectivity index (χ2v) is 4.34. The minimum Gasteiger partial charge on any atom is -0.382 e. The highest BCUT2D eigenvalue weighted by Crippen LogP contribution is 2.33. The molecule has 0 aliphatic heterocycles. The third kappa shape index (κ3) is 1.76. The van der Waals surface area contributed by atoms with Crippen LogP contribution in [0, 0.1) is 6.92 Å². The van der Waals surface area contributed by atoms with Crippen molar-refractivity contribution >= 4 is 5.82 Å². The Morgan fingerprint density at radius 2 is 1.86 bits per heavy atom. The molecular weight excluding hydrogens is 174 g/mol. The van der Waals surface area contributed by atoms with Crippen molar-refractivity contribution in [3.05, 3.63) is 11.3 Å². The van der Waals surface area contributed by atoms with Gasteiger partial charge in [0.25, 0.3) is 0 Å². The van der Waals surface area contributed by atoms with Gasteiger partial charge in [-0.2, -0.15) is 5.10 Å². The Labute approximate surface area is 85.1 Å². The molecule has 0 radical (unpaired) electrons. The van der Waals surface area contributed by atoms with Crippen molar-refractivity contribution in [1.82, 2.24) is 10.2 Å². The number of nitrogens with two attached hydrogens (primary N) is 1. The van der Waals surface area contributed by atoms with E-state index in [1.54, 1.807) is 0 Å². The second-order valence-electron chi connectivity index (χ2n) is 4.34. The van der Waals surface area contributed by atoms with E-state index >= 15 is 0 Å². The predicted octanol–water partition coefficient (Wildman–Crippen LogP) is 2.74. The highest BCUT2D eigenvalue weighted by Gasteiger charge is 2.18. The second kappa shape index (κ2) is 4.03. The summed E-state index contributed by atoms with van der Waals surface area (Å²) in [6.45, 7) is 2.07. The Kier molecular flexibility index (Phi) is 2.75. The van der Waals surface area contributed by atoms with Crippen LogP contribution in [0.1, 0.15) is 55.7 Å². The maximum absolute atomic E-state index is 5.74. The minimum absolute atomic E-state index is 0.669. The number of nitrogen functional groups attached to an aromatic ring is 1. The van der Waals surface area contributed by atoms with Crippen LogP contribution in [0.15, 0.2) is 0 Å². The fourth-order valence-electron chi connectivity index (χ4n) is 2.39. The largest absolute Gasteiger partial charge is 0.382 e. The van der Waals surface area contributed by atoms with Crippen molar-refractivity contribution in [2.45, 2.75) is 51.4 Å². The third-order valence-electron chi connectivity index (χ3n) is 3.35. The van der Waals surface area contributed by atoms with Crippen molar-refractivity contribution in [2.24, 2.45) is 0 Å². The van der Waals surface area contributed by atoms with Crippen LogP contribution in [0.5, 0.6) is 0 Å². The van der Waals surface area contributed by atoms with E-state index in [-0.39, 0.29) is 0 Å². The molecule has 1 aliphatic rings. The van der Waals surface area contributed by atoms with Crippen molar-refractivity contribution in [3.8, 4) is 0 Å². The van der Waals surface area contributed by atoms with Crippen molar-refractivity contribution in [2.75, 3.05) is 5.73 Å². The highest BCUT2D eigenvalue weighted by molar-refractivity contribution is 5.41. The van der Waals surface area contributed by atoms with Crippen LogP contribution in [0.3, 0.4) is 0 Å². The van der Waals surface area contributed by atoms with Gasteiger partial charge in [0.2, 0.25) is 0 Å². The normalized spacial score (nSPS) is 19.5. The zero-order valence-corrected chi connectivity index (χ0v) is 8.84. The van der Waals surface area contributed by atoms with E-state index < -0.39 is 0 Å². The molecule has 0 bridgehead atoms. The molecule has 1 fully saturated rings. The summed E-state index contributed by atoms with van der Waals surface area (Å²) in [6.07, 6.45) is 8.06. The van der Waals surface area contributed by atoms with Gasteiger partial charge in [-0.15, -0.1) is 0 Å². The molecule has 2 rings (SSSR count). The first kappa shape index (κ1) is 9.56. The van der Waals surface area contributed by atoms with Gasteiger partial charge < -0.3 is 5.73 Å². The van der Waals surface area contributed by atoms with E-state index in [0.29, 0.717) is 11.7 Å². The standard InChI is InChI=1S/C11H19N3/c1-8-10(13-14-11(8)12)9-6-4-2-3-5-7-9/h9H,2-7H2,1H3,(H3,12,13,14). The first-order valence-electron chi connectivity index (χ1n) is 5.59. The van der Waals surface area contributed by atoms with Crippen molar-refractivity contribution in [1.29, 1.82) is 0 Å². The van der Waals surface area contributed by atoms with Crippen LogP contribution in [0.2, 0.25) is 0 Å². The molecule has 3 nitrogen and oxygen atoms in total. The van der Waals surface area contributed by atoms with Gasteiger partial charge in [-0.05, 0) is 19.8 Å². The maximum Gasteiger partial charge on any atom is 0.148 e.